The molecular weight excluding hydrogens is 741 g/mol. The molecule has 3 atom stereocenters. The van der Waals surface area contributed by atoms with Gasteiger partial charge in [0.15, 0.2) is 5.58 Å². The number of ether oxygens (including phenoxy) is 1. The predicted octanol–water partition coefficient (Wildman–Crippen LogP) is 6.16. The summed E-state index contributed by atoms with van der Waals surface area (Å²) in [7, 11) is 1.95. The van der Waals surface area contributed by atoms with E-state index >= 15 is 0 Å². The lowest BCUT2D eigenvalue weighted by atomic mass is 9.96. The van der Waals surface area contributed by atoms with Crippen LogP contribution in [0.2, 0.25) is 0 Å². The van der Waals surface area contributed by atoms with Crippen LogP contribution in [0.5, 0.6) is 5.75 Å². The molecule has 5 N–H and O–H groups in total. The molecule has 0 saturated heterocycles. The minimum absolute atomic E-state index is 0.0268. The van der Waals surface area contributed by atoms with E-state index in [0.717, 1.165) is 43.4 Å². The van der Waals surface area contributed by atoms with Gasteiger partial charge in [-0.3, -0.25) is 9.36 Å². The number of carbonyl (C=O) groups excluding carboxylic acids is 1. The van der Waals surface area contributed by atoms with Crippen molar-refractivity contribution in [3.05, 3.63) is 113 Å². The lowest BCUT2D eigenvalue weighted by molar-refractivity contribution is -0.168. The molecule has 4 heterocycles. The molecular formula is C41H46N4O8S2. The van der Waals surface area contributed by atoms with E-state index in [0.29, 0.717) is 57.7 Å². The molecule has 1 saturated carbocycles. The number of hydrogen-bond acceptors (Lipinski definition) is 12. The third-order valence-electron chi connectivity index (χ3n) is 10.5. The second-order valence-electron chi connectivity index (χ2n) is 14.4. The number of benzene rings is 2. The Balaban J connectivity index is 0.949. The summed E-state index contributed by atoms with van der Waals surface area (Å²) in [4.78, 5) is 43.9. The Labute approximate surface area is 325 Å². The van der Waals surface area contributed by atoms with Gasteiger partial charge in [-0.1, -0.05) is 24.6 Å². The van der Waals surface area contributed by atoms with Crippen molar-refractivity contribution in [2.75, 3.05) is 25.0 Å². The number of phenolic OH excluding ortho intramolecular Hbond substituents is 1. The van der Waals surface area contributed by atoms with E-state index in [1.54, 1.807) is 22.8 Å². The Bertz CT molecular complexity index is 2370. The smallest absolute Gasteiger partial charge is 0.419 e. The number of aliphatic hydroxyl groups excluding tert-OH is 1. The Morgan fingerprint density at radius 1 is 1.09 bits per heavy atom. The topological polar surface area (TPSA) is 170 Å². The highest BCUT2D eigenvalue weighted by molar-refractivity contribution is 7.12. The summed E-state index contributed by atoms with van der Waals surface area (Å²) in [5.41, 5.74) is 1.70. The first-order valence-corrected chi connectivity index (χ1v) is 20.4. The molecule has 0 spiro atoms. The zero-order valence-corrected chi connectivity index (χ0v) is 32.5. The van der Waals surface area contributed by atoms with Gasteiger partial charge in [-0.15, -0.1) is 22.7 Å². The van der Waals surface area contributed by atoms with Crippen molar-refractivity contribution in [1.82, 2.24) is 14.9 Å². The molecule has 0 aliphatic heterocycles. The van der Waals surface area contributed by atoms with Gasteiger partial charge < -0.3 is 39.7 Å². The number of H-pyrrole nitrogens is 1. The molecule has 2 aromatic carbocycles. The number of aromatic amines is 1. The number of oxazole rings is 1. The molecule has 2 unspecified atom stereocenters. The number of phenols is 1. The molecule has 290 valence electrons. The van der Waals surface area contributed by atoms with E-state index in [4.69, 9.17) is 9.15 Å². The Kier molecular flexibility index (Phi) is 11.6. The molecule has 0 radical (unpaired) electrons. The van der Waals surface area contributed by atoms with Gasteiger partial charge in [0.05, 0.1) is 26.9 Å². The second-order valence-corrected chi connectivity index (χ2v) is 16.3. The van der Waals surface area contributed by atoms with Crippen LogP contribution >= 0.6 is 22.7 Å². The van der Waals surface area contributed by atoms with E-state index < -0.39 is 23.4 Å². The minimum Gasteiger partial charge on any atom is -0.506 e. The first-order chi connectivity index (χ1) is 26.5. The summed E-state index contributed by atoms with van der Waals surface area (Å²) < 4.78 is 13.2. The predicted molar refractivity (Wildman–Crippen MR) is 215 cm³/mol. The number of aryl methyl sites for hydroxylation is 1. The van der Waals surface area contributed by atoms with Crippen molar-refractivity contribution < 1.29 is 29.3 Å². The summed E-state index contributed by atoms with van der Waals surface area (Å²) in [5.74, 6) is -1.12. The highest BCUT2D eigenvalue weighted by Crippen LogP contribution is 2.40. The average Bonchev–Trinajstić information content (AvgIpc) is 3.96. The zero-order chi connectivity index (χ0) is 38.7. The maximum absolute atomic E-state index is 13.5. The number of fused-ring (bicyclic) bond motifs is 2. The van der Waals surface area contributed by atoms with Crippen molar-refractivity contribution in [1.29, 1.82) is 0 Å². The number of carbonyl (C=O) groups is 1. The fourth-order valence-electron chi connectivity index (χ4n) is 7.39. The van der Waals surface area contributed by atoms with E-state index in [9.17, 15) is 29.7 Å². The lowest BCUT2D eigenvalue weighted by Crippen LogP contribution is -2.39. The summed E-state index contributed by atoms with van der Waals surface area (Å²) in [5, 5.41) is 40.8. The monoisotopic (exact) mass is 786 g/mol. The SMILES string of the molecule is CC(Cc1ccc2c(c1)oc(=O)n2CCCN(C)c1csc(C(O)(C(=O)OC2CCCCC2)c2cccs2)c1)NC[C@H](O)c1ccc(O)c2[nH]c(=O)ccc12. The average molecular weight is 787 g/mol. The summed E-state index contributed by atoms with van der Waals surface area (Å²) >= 11 is 2.65. The van der Waals surface area contributed by atoms with Crippen LogP contribution in [0, 0.1) is 0 Å². The van der Waals surface area contributed by atoms with Crippen LogP contribution in [0.25, 0.3) is 22.0 Å². The molecule has 55 heavy (non-hydrogen) atoms. The van der Waals surface area contributed by atoms with Gasteiger partial charge in [0.2, 0.25) is 11.2 Å². The Morgan fingerprint density at radius 3 is 2.69 bits per heavy atom. The van der Waals surface area contributed by atoms with Crippen LogP contribution in [0.3, 0.4) is 0 Å². The van der Waals surface area contributed by atoms with Gasteiger partial charge in [0.25, 0.3) is 0 Å². The summed E-state index contributed by atoms with van der Waals surface area (Å²) in [6.45, 7) is 3.31. The summed E-state index contributed by atoms with van der Waals surface area (Å²) in [6, 6.07) is 17.2. The molecule has 0 bridgehead atoms. The van der Waals surface area contributed by atoms with Crippen LogP contribution < -0.4 is 21.5 Å². The molecule has 14 heteroatoms. The van der Waals surface area contributed by atoms with Gasteiger partial charge in [-0.05, 0) is 98.4 Å². The highest BCUT2D eigenvalue weighted by Gasteiger charge is 2.45. The van der Waals surface area contributed by atoms with Crippen molar-refractivity contribution in [3.8, 4) is 5.75 Å². The van der Waals surface area contributed by atoms with Crippen LogP contribution in [-0.2, 0) is 28.1 Å². The molecule has 4 aromatic heterocycles. The zero-order valence-electron chi connectivity index (χ0n) is 30.8. The molecule has 1 fully saturated rings. The number of aliphatic hydroxyl groups is 2. The van der Waals surface area contributed by atoms with Gasteiger partial charge in [-0.25, -0.2) is 9.59 Å². The largest absolute Gasteiger partial charge is 0.506 e. The first kappa shape index (κ1) is 38.5. The van der Waals surface area contributed by atoms with Gasteiger partial charge in [0.1, 0.15) is 11.9 Å². The molecule has 1 aliphatic rings. The first-order valence-electron chi connectivity index (χ1n) is 18.7. The standard InChI is InChI=1S/C41H46N4O8S2/c1-25(42-23-33(47)29-12-15-32(46)38-30(29)13-16-37(48)43-38)20-26-11-14-31-34(21-26)53-40(50)45(31)18-7-17-44(2)27-22-36(55-24-27)41(51,35-10-6-19-54-35)39(49)52-28-8-4-3-5-9-28/h6,10-16,19,21-22,24-25,28,33,42,46-47,51H,3-5,7-9,17-18,20,23H2,1-2H3,(H,43,48)/t25?,33-,41?/m0/s1. The van der Waals surface area contributed by atoms with Crippen LogP contribution in [0.4, 0.5) is 5.69 Å². The van der Waals surface area contributed by atoms with E-state index in [1.807, 2.05) is 60.0 Å². The summed E-state index contributed by atoms with van der Waals surface area (Å²) in [6.07, 6.45) is 5.02. The number of hydrogen-bond donors (Lipinski definition) is 5. The van der Waals surface area contributed by atoms with Gasteiger partial charge >= 0.3 is 11.7 Å². The Hall–Kier alpha value is -4.73. The lowest BCUT2D eigenvalue weighted by Gasteiger charge is -2.28. The highest BCUT2D eigenvalue weighted by atomic mass is 32.1. The van der Waals surface area contributed by atoms with Gasteiger partial charge in [0, 0.05) is 55.2 Å². The van der Waals surface area contributed by atoms with Crippen molar-refractivity contribution in [2.45, 2.75) is 82.3 Å². The number of aromatic nitrogens is 2. The van der Waals surface area contributed by atoms with E-state index in [2.05, 4.69) is 10.3 Å². The second kappa shape index (κ2) is 16.6. The minimum atomic E-state index is -1.88. The normalized spacial score (nSPS) is 15.9. The third-order valence-corrected chi connectivity index (χ3v) is 12.5. The maximum atomic E-state index is 13.5. The maximum Gasteiger partial charge on any atom is 0.419 e. The van der Waals surface area contributed by atoms with Crippen LogP contribution in [0.15, 0.2) is 85.4 Å². The number of aromatic hydroxyl groups is 1. The molecule has 0 amide bonds. The molecule has 12 nitrogen and oxygen atoms in total. The number of thiophene rings is 2. The van der Waals surface area contributed by atoms with Crippen LogP contribution in [0.1, 0.15) is 72.4 Å². The van der Waals surface area contributed by atoms with E-state index in [1.165, 1.54) is 34.8 Å². The van der Waals surface area contributed by atoms with Crippen molar-refractivity contribution in [2.24, 2.45) is 0 Å². The van der Waals surface area contributed by atoms with E-state index in [-0.39, 0.29) is 35.5 Å². The quantitative estimate of drug-likeness (QED) is 0.0761. The van der Waals surface area contributed by atoms with Gasteiger partial charge in [-0.2, -0.15) is 0 Å². The number of pyridine rings is 1. The Morgan fingerprint density at radius 2 is 1.91 bits per heavy atom. The number of nitrogens with zero attached hydrogens (tertiary/aromatic N) is 2. The van der Waals surface area contributed by atoms with Crippen LogP contribution in [-0.4, -0.2) is 63.1 Å². The van der Waals surface area contributed by atoms with Crippen molar-refractivity contribution in [3.63, 3.8) is 0 Å². The molecule has 7 rings (SSSR count). The third kappa shape index (κ3) is 8.29. The fraction of sp³-hybridized carbons (Fsp3) is 0.390. The number of anilines is 1. The molecule has 6 aromatic rings. The molecule has 1 aliphatic carbocycles. The number of rotatable bonds is 15. The number of nitrogens with one attached hydrogen (secondary N) is 2. The fourth-order valence-corrected chi connectivity index (χ4v) is 9.32. The van der Waals surface area contributed by atoms with Crippen molar-refractivity contribution >= 4 is 56.3 Å². The number of esters is 1.